The fourth-order valence-corrected chi connectivity index (χ4v) is 2.42. The minimum absolute atomic E-state index is 0.0418. The molecule has 1 aromatic heterocycles. The molecule has 1 heterocycles. The summed E-state index contributed by atoms with van der Waals surface area (Å²) in [4.78, 5) is 12.1. The maximum atomic E-state index is 13.8. The second-order valence-electron chi connectivity index (χ2n) is 4.88. The molecule has 0 atom stereocenters. The number of nitrogens with zero attached hydrogens (tertiary/aromatic N) is 2. The molecule has 2 aromatic rings. The number of aromatic nitrogens is 2. The van der Waals surface area contributed by atoms with Gasteiger partial charge in [0.05, 0.1) is 10.7 Å². The highest BCUT2D eigenvalue weighted by Crippen LogP contribution is 2.20. The van der Waals surface area contributed by atoms with E-state index in [0.29, 0.717) is 5.56 Å². The lowest BCUT2D eigenvalue weighted by molar-refractivity contribution is -0.117. The average Bonchev–Trinajstić information content (AvgIpc) is 2.62. The Kier molecular flexibility index (Phi) is 4.23. The molecule has 0 aliphatic rings. The van der Waals surface area contributed by atoms with Crippen LogP contribution in [-0.2, 0) is 24.7 Å². The van der Waals surface area contributed by atoms with Crippen molar-refractivity contribution in [2.24, 2.45) is 7.05 Å². The predicted molar refractivity (Wildman–Crippen MR) is 76.5 cm³/mol. The summed E-state index contributed by atoms with van der Waals surface area (Å²) in [5, 5.41) is 4.32. The Morgan fingerprint density at radius 2 is 2.05 bits per heavy atom. The summed E-state index contributed by atoms with van der Waals surface area (Å²) in [6, 6.07) is 4.71. The van der Waals surface area contributed by atoms with Crippen LogP contribution in [0.25, 0.3) is 0 Å². The molecular weight excluding hydrogens is 279 g/mol. The lowest BCUT2D eigenvalue weighted by Crippen LogP contribution is -2.09. The van der Waals surface area contributed by atoms with Crippen LogP contribution >= 0.6 is 11.6 Å². The lowest BCUT2D eigenvalue weighted by atomic mass is 10.0. The maximum absolute atomic E-state index is 13.8. The van der Waals surface area contributed by atoms with Gasteiger partial charge in [0.2, 0.25) is 0 Å². The molecule has 0 amide bonds. The Balaban J connectivity index is 2.15. The number of benzene rings is 1. The Labute approximate surface area is 122 Å². The number of carbonyl (C=O) groups is 1. The number of hydrogen-bond donors (Lipinski definition) is 0. The number of hydrogen-bond acceptors (Lipinski definition) is 2. The Hall–Kier alpha value is -1.68. The molecule has 0 N–H and O–H groups in total. The van der Waals surface area contributed by atoms with Crippen molar-refractivity contribution < 1.29 is 9.18 Å². The van der Waals surface area contributed by atoms with E-state index in [1.54, 1.807) is 16.8 Å². The fraction of sp³-hybridized carbons (Fsp3) is 0.333. The van der Waals surface area contributed by atoms with E-state index in [1.165, 1.54) is 6.07 Å². The molecule has 20 heavy (non-hydrogen) atoms. The zero-order chi connectivity index (χ0) is 14.9. The van der Waals surface area contributed by atoms with E-state index < -0.39 is 5.82 Å². The number of rotatable bonds is 4. The van der Waals surface area contributed by atoms with Gasteiger partial charge in [-0.3, -0.25) is 9.48 Å². The molecule has 3 nitrogen and oxygen atoms in total. The molecule has 0 fully saturated rings. The number of Topliss-reactive ketones (excluding diaryl/α,β-unsaturated/α-hetero) is 1. The molecule has 0 bridgehead atoms. The molecule has 0 radical (unpaired) electrons. The Morgan fingerprint density at radius 3 is 2.65 bits per heavy atom. The highest BCUT2D eigenvalue weighted by molar-refractivity contribution is 6.30. The standard InChI is InChI=1S/C15H16ClFN2O/c1-9-13(10(2)19(3)18-9)8-12(20)7-11-5-4-6-14(16)15(11)17/h4-6H,7-8H2,1-3H3. The number of halogens is 2. The van der Waals surface area contributed by atoms with Gasteiger partial charge in [0.1, 0.15) is 11.6 Å². The van der Waals surface area contributed by atoms with Crippen LogP contribution in [0, 0.1) is 19.7 Å². The third-order valence-corrected chi connectivity index (χ3v) is 3.74. The van der Waals surface area contributed by atoms with Crippen molar-refractivity contribution in [1.29, 1.82) is 0 Å². The average molecular weight is 295 g/mol. The monoisotopic (exact) mass is 294 g/mol. The van der Waals surface area contributed by atoms with Crippen molar-refractivity contribution in [2.45, 2.75) is 26.7 Å². The molecule has 0 aliphatic heterocycles. The summed E-state index contributed by atoms with van der Waals surface area (Å²) >= 11 is 5.71. The summed E-state index contributed by atoms with van der Waals surface area (Å²) in [7, 11) is 1.84. The second kappa shape index (κ2) is 5.75. The predicted octanol–water partition coefficient (Wildman–Crippen LogP) is 3.18. The first-order chi connectivity index (χ1) is 9.40. The smallest absolute Gasteiger partial charge is 0.145 e. The van der Waals surface area contributed by atoms with Crippen molar-refractivity contribution in [1.82, 2.24) is 9.78 Å². The van der Waals surface area contributed by atoms with E-state index in [1.807, 2.05) is 20.9 Å². The third kappa shape index (κ3) is 2.90. The highest BCUT2D eigenvalue weighted by Gasteiger charge is 2.16. The summed E-state index contributed by atoms with van der Waals surface area (Å²) in [5.41, 5.74) is 3.05. The van der Waals surface area contributed by atoms with E-state index >= 15 is 0 Å². The van der Waals surface area contributed by atoms with E-state index in [2.05, 4.69) is 5.10 Å². The summed E-state index contributed by atoms with van der Waals surface area (Å²) < 4.78 is 15.5. The molecule has 5 heteroatoms. The summed E-state index contributed by atoms with van der Waals surface area (Å²) in [6.45, 7) is 3.79. The SMILES string of the molecule is Cc1nn(C)c(C)c1CC(=O)Cc1cccc(Cl)c1F. The first-order valence-corrected chi connectivity index (χ1v) is 6.71. The molecule has 0 saturated carbocycles. The van der Waals surface area contributed by atoms with Crippen molar-refractivity contribution in [3.8, 4) is 0 Å². The molecule has 0 saturated heterocycles. The quantitative estimate of drug-likeness (QED) is 0.868. The summed E-state index contributed by atoms with van der Waals surface area (Å²) in [5.74, 6) is -0.562. The van der Waals surface area contributed by atoms with Gasteiger partial charge in [0, 0.05) is 31.1 Å². The molecule has 0 spiro atoms. The second-order valence-corrected chi connectivity index (χ2v) is 5.29. The van der Waals surface area contributed by atoms with Crippen LogP contribution < -0.4 is 0 Å². The normalized spacial score (nSPS) is 10.8. The van der Waals surface area contributed by atoms with Crippen LogP contribution in [0.3, 0.4) is 0 Å². The van der Waals surface area contributed by atoms with Gasteiger partial charge < -0.3 is 0 Å². The number of aryl methyl sites for hydroxylation is 2. The van der Waals surface area contributed by atoms with Crippen LogP contribution in [0.5, 0.6) is 0 Å². The van der Waals surface area contributed by atoms with Crippen molar-refractivity contribution in [2.75, 3.05) is 0 Å². The van der Waals surface area contributed by atoms with Crippen molar-refractivity contribution in [3.05, 3.63) is 51.6 Å². The highest BCUT2D eigenvalue weighted by atomic mass is 35.5. The Morgan fingerprint density at radius 1 is 1.35 bits per heavy atom. The lowest BCUT2D eigenvalue weighted by Gasteiger charge is -2.05. The van der Waals surface area contributed by atoms with Crippen molar-refractivity contribution in [3.63, 3.8) is 0 Å². The third-order valence-electron chi connectivity index (χ3n) is 3.45. The van der Waals surface area contributed by atoms with Gasteiger partial charge in [0.15, 0.2) is 0 Å². The number of ketones is 1. The van der Waals surface area contributed by atoms with Gasteiger partial charge in [-0.2, -0.15) is 5.10 Å². The van der Waals surface area contributed by atoms with Gasteiger partial charge in [-0.1, -0.05) is 23.7 Å². The number of carbonyl (C=O) groups excluding carboxylic acids is 1. The maximum Gasteiger partial charge on any atom is 0.145 e. The van der Waals surface area contributed by atoms with Crippen LogP contribution in [-0.4, -0.2) is 15.6 Å². The molecule has 106 valence electrons. The topological polar surface area (TPSA) is 34.9 Å². The summed E-state index contributed by atoms with van der Waals surface area (Å²) in [6.07, 6.45) is 0.303. The first-order valence-electron chi connectivity index (χ1n) is 6.33. The minimum Gasteiger partial charge on any atom is -0.299 e. The molecule has 0 aliphatic carbocycles. The minimum atomic E-state index is -0.512. The van der Waals surface area contributed by atoms with Gasteiger partial charge in [-0.25, -0.2) is 4.39 Å². The largest absolute Gasteiger partial charge is 0.299 e. The van der Waals surface area contributed by atoms with Gasteiger partial charge in [-0.15, -0.1) is 0 Å². The van der Waals surface area contributed by atoms with Crippen LogP contribution in [0.15, 0.2) is 18.2 Å². The van der Waals surface area contributed by atoms with Gasteiger partial charge in [0.25, 0.3) is 0 Å². The van der Waals surface area contributed by atoms with Crippen LogP contribution in [0.4, 0.5) is 4.39 Å². The van der Waals surface area contributed by atoms with E-state index in [0.717, 1.165) is 17.0 Å². The first kappa shape index (κ1) is 14.7. The van der Waals surface area contributed by atoms with E-state index in [9.17, 15) is 9.18 Å². The van der Waals surface area contributed by atoms with Crippen LogP contribution in [0.2, 0.25) is 5.02 Å². The fourth-order valence-electron chi connectivity index (χ4n) is 2.23. The molecular formula is C15H16ClFN2O. The molecule has 0 unspecified atom stereocenters. The van der Waals surface area contributed by atoms with Crippen molar-refractivity contribution >= 4 is 17.4 Å². The zero-order valence-corrected chi connectivity index (χ0v) is 12.5. The van der Waals surface area contributed by atoms with Crippen LogP contribution in [0.1, 0.15) is 22.5 Å². The Bertz CT molecular complexity index is 664. The zero-order valence-electron chi connectivity index (χ0n) is 11.7. The molecule has 2 rings (SSSR count). The van der Waals surface area contributed by atoms with Gasteiger partial charge >= 0.3 is 0 Å². The van der Waals surface area contributed by atoms with Gasteiger partial charge in [-0.05, 0) is 25.5 Å². The molecule has 1 aromatic carbocycles. The van der Waals surface area contributed by atoms with E-state index in [-0.39, 0.29) is 23.6 Å². The van der Waals surface area contributed by atoms with E-state index in [4.69, 9.17) is 11.6 Å².